The SMILES string of the molecule is CCc1noc(C(C)Sc2nc3scc(-c4ccc(C)c(C)c4)c3c(=O)n2C)n1. The van der Waals surface area contributed by atoms with E-state index in [0.29, 0.717) is 22.3 Å². The zero-order valence-electron chi connectivity index (χ0n) is 17.0. The van der Waals surface area contributed by atoms with Gasteiger partial charge in [-0.3, -0.25) is 9.36 Å². The number of benzene rings is 1. The first-order valence-corrected chi connectivity index (χ1v) is 11.2. The van der Waals surface area contributed by atoms with E-state index in [9.17, 15) is 4.79 Å². The minimum absolute atomic E-state index is 0.0426. The van der Waals surface area contributed by atoms with Crippen molar-refractivity contribution in [2.75, 3.05) is 0 Å². The molecule has 0 amide bonds. The molecule has 29 heavy (non-hydrogen) atoms. The maximum Gasteiger partial charge on any atom is 0.263 e. The Morgan fingerprint density at radius 1 is 1.24 bits per heavy atom. The molecule has 0 saturated carbocycles. The van der Waals surface area contributed by atoms with Crippen LogP contribution in [0.2, 0.25) is 0 Å². The third-order valence-electron chi connectivity index (χ3n) is 5.02. The van der Waals surface area contributed by atoms with E-state index >= 15 is 0 Å². The van der Waals surface area contributed by atoms with E-state index < -0.39 is 0 Å². The van der Waals surface area contributed by atoms with Crippen LogP contribution < -0.4 is 5.56 Å². The lowest BCUT2D eigenvalue weighted by Gasteiger charge is -2.10. The summed E-state index contributed by atoms with van der Waals surface area (Å²) in [6.45, 7) is 8.13. The highest BCUT2D eigenvalue weighted by Crippen LogP contribution is 2.36. The van der Waals surface area contributed by atoms with Crippen molar-refractivity contribution in [1.29, 1.82) is 0 Å². The molecule has 0 aliphatic heterocycles. The average molecular weight is 427 g/mol. The minimum Gasteiger partial charge on any atom is -0.338 e. The van der Waals surface area contributed by atoms with Crippen molar-refractivity contribution in [3.05, 3.63) is 56.8 Å². The normalized spacial score (nSPS) is 12.6. The van der Waals surface area contributed by atoms with E-state index in [1.165, 1.54) is 34.2 Å². The molecule has 0 spiro atoms. The largest absolute Gasteiger partial charge is 0.338 e. The zero-order chi connectivity index (χ0) is 20.7. The maximum atomic E-state index is 13.2. The van der Waals surface area contributed by atoms with Crippen molar-refractivity contribution in [3.63, 3.8) is 0 Å². The van der Waals surface area contributed by atoms with Gasteiger partial charge in [-0.25, -0.2) is 4.98 Å². The smallest absolute Gasteiger partial charge is 0.263 e. The number of aromatic nitrogens is 4. The molecule has 4 aromatic rings. The Balaban J connectivity index is 1.74. The first kappa shape index (κ1) is 19.8. The van der Waals surface area contributed by atoms with Crippen molar-refractivity contribution in [2.45, 2.75) is 44.5 Å². The van der Waals surface area contributed by atoms with Crippen LogP contribution >= 0.6 is 23.1 Å². The molecule has 0 saturated heterocycles. The van der Waals surface area contributed by atoms with Crippen LogP contribution in [0.4, 0.5) is 0 Å². The molecule has 4 rings (SSSR count). The van der Waals surface area contributed by atoms with E-state index in [2.05, 4.69) is 42.2 Å². The van der Waals surface area contributed by atoms with Crippen molar-refractivity contribution < 1.29 is 4.52 Å². The van der Waals surface area contributed by atoms with Gasteiger partial charge in [-0.2, -0.15) is 4.98 Å². The highest BCUT2D eigenvalue weighted by atomic mass is 32.2. The van der Waals surface area contributed by atoms with Gasteiger partial charge in [-0.15, -0.1) is 11.3 Å². The van der Waals surface area contributed by atoms with Crippen molar-refractivity contribution in [2.24, 2.45) is 7.05 Å². The Labute approximate surface area is 177 Å². The van der Waals surface area contributed by atoms with E-state index in [0.717, 1.165) is 22.4 Å². The molecular formula is C21H22N4O2S2. The Bertz CT molecular complexity index is 1260. The second-order valence-corrected chi connectivity index (χ2v) is 9.22. The molecule has 6 nitrogen and oxygen atoms in total. The lowest BCUT2D eigenvalue weighted by molar-refractivity contribution is 0.375. The minimum atomic E-state index is -0.0995. The quantitative estimate of drug-likeness (QED) is 0.327. The topological polar surface area (TPSA) is 73.8 Å². The van der Waals surface area contributed by atoms with Gasteiger partial charge in [-0.1, -0.05) is 42.0 Å². The first-order valence-electron chi connectivity index (χ1n) is 9.44. The van der Waals surface area contributed by atoms with Crippen LogP contribution in [0.3, 0.4) is 0 Å². The van der Waals surface area contributed by atoms with Gasteiger partial charge < -0.3 is 4.52 Å². The van der Waals surface area contributed by atoms with Crippen LogP contribution in [0, 0.1) is 13.8 Å². The second kappa shape index (κ2) is 7.76. The van der Waals surface area contributed by atoms with Crippen molar-refractivity contribution in [1.82, 2.24) is 19.7 Å². The van der Waals surface area contributed by atoms with Crippen LogP contribution in [0.5, 0.6) is 0 Å². The number of hydrogen-bond donors (Lipinski definition) is 0. The molecule has 1 aromatic carbocycles. The van der Waals surface area contributed by atoms with Gasteiger partial charge in [0.15, 0.2) is 11.0 Å². The van der Waals surface area contributed by atoms with Crippen LogP contribution in [0.15, 0.2) is 38.1 Å². The summed E-state index contributed by atoms with van der Waals surface area (Å²) in [6.07, 6.45) is 0.722. The van der Waals surface area contributed by atoms with Crippen molar-refractivity contribution in [3.8, 4) is 11.1 Å². The van der Waals surface area contributed by atoms with Gasteiger partial charge in [-0.05, 0) is 37.5 Å². The Hall–Kier alpha value is -2.45. The van der Waals surface area contributed by atoms with E-state index in [-0.39, 0.29) is 10.8 Å². The predicted molar refractivity (Wildman–Crippen MR) is 118 cm³/mol. The summed E-state index contributed by atoms with van der Waals surface area (Å²) < 4.78 is 6.94. The number of thioether (sulfide) groups is 1. The Kier molecular flexibility index (Phi) is 5.31. The molecule has 3 heterocycles. The zero-order valence-corrected chi connectivity index (χ0v) is 18.6. The monoisotopic (exact) mass is 426 g/mol. The summed E-state index contributed by atoms with van der Waals surface area (Å²) in [5, 5.41) is 7.18. The standard InChI is InChI=1S/C21H22N4O2S2/c1-6-16-22-18(27-24-16)13(4)29-21-23-19-17(20(26)25(21)5)15(10-28-19)14-8-7-11(2)12(3)9-14/h7-10,13H,6H2,1-5H3. The third kappa shape index (κ3) is 3.62. The molecule has 0 aliphatic carbocycles. The number of rotatable bonds is 5. The Morgan fingerprint density at radius 3 is 2.72 bits per heavy atom. The molecule has 1 unspecified atom stereocenters. The summed E-state index contributed by atoms with van der Waals surface area (Å²) in [4.78, 5) is 23.1. The lowest BCUT2D eigenvalue weighted by Crippen LogP contribution is -2.20. The first-order chi connectivity index (χ1) is 13.9. The number of aryl methyl sites for hydroxylation is 3. The van der Waals surface area contributed by atoms with Gasteiger partial charge in [0.25, 0.3) is 5.56 Å². The average Bonchev–Trinajstić information content (AvgIpc) is 3.35. The molecule has 0 radical (unpaired) electrons. The van der Waals surface area contributed by atoms with Gasteiger partial charge >= 0.3 is 0 Å². The van der Waals surface area contributed by atoms with Gasteiger partial charge in [0.2, 0.25) is 5.89 Å². The van der Waals surface area contributed by atoms with Crippen LogP contribution in [0.25, 0.3) is 21.3 Å². The molecule has 8 heteroatoms. The van der Waals surface area contributed by atoms with Gasteiger partial charge in [0, 0.05) is 24.4 Å². The molecular weight excluding hydrogens is 404 g/mol. The molecule has 0 aliphatic rings. The number of hydrogen-bond acceptors (Lipinski definition) is 7. The van der Waals surface area contributed by atoms with Gasteiger partial charge in [0.05, 0.1) is 10.6 Å². The van der Waals surface area contributed by atoms with E-state index in [4.69, 9.17) is 9.51 Å². The molecule has 0 N–H and O–H groups in total. The molecule has 0 fully saturated rings. The fraction of sp³-hybridized carbons (Fsp3) is 0.333. The second-order valence-electron chi connectivity index (χ2n) is 7.05. The fourth-order valence-corrected chi connectivity index (χ4v) is 4.96. The summed E-state index contributed by atoms with van der Waals surface area (Å²) in [5.41, 5.74) is 4.39. The Morgan fingerprint density at radius 2 is 2.03 bits per heavy atom. The van der Waals surface area contributed by atoms with Crippen LogP contribution in [0.1, 0.15) is 41.9 Å². The predicted octanol–water partition coefficient (Wildman–Crippen LogP) is 5.08. The van der Waals surface area contributed by atoms with E-state index in [1.54, 1.807) is 11.6 Å². The summed E-state index contributed by atoms with van der Waals surface area (Å²) in [5.74, 6) is 1.23. The highest BCUT2D eigenvalue weighted by molar-refractivity contribution is 7.99. The van der Waals surface area contributed by atoms with Crippen LogP contribution in [-0.2, 0) is 13.5 Å². The maximum absolute atomic E-state index is 13.2. The highest BCUT2D eigenvalue weighted by Gasteiger charge is 2.21. The molecule has 3 aromatic heterocycles. The van der Waals surface area contributed by atoms with Crippen LogP contribution in [-0.4, -0.2) is 19.7 Å². The number of nitrogens with zero attached hydrogens (tertiary/aromatic N) is 4. The molecule has 0 bridgehead atoms. The van der Waals surface area contributed by atoms with E-state index in [1.807, 2.05) is 19.2 Å². The van der Waals surface area contributed by atoms with Crippen molar-refractivity contribution >= 4 is 33.3 Å². The number of thiophene rings is 1. The summed E-state index contributed by atoms with van der Waals surface area (Å²) in [7, 11) is 1.76. The third-order valence-corrected chi connectivity index (χ3v) is 7.03. The summed E-state index contributed by atoms with van der Waals surface area (Å²) in [6, 6.07) is 6.28. The van der Waals surface area contributed by atoms with Gasteiger partial charge in [0.1, 0.15) is 4.83 Å². The molecule has 1 atom stereocenters. The lowest BCUT2D eigenvalue weighted by atomic mass is 10.0. The fourth-order valence-electron chi connectivity index (χ4n) is 3.06. The molecule has 150 valence electrons. The number of fused-ring (bicyclic) bond motifs is 1. The summed E-state index contributed by atoms with van der Waals surface area (Å²) >= 11 is 2.95.